The van der Waals surface area contributed by atoms with Gasteiger partial charge in [0.05, 0.1) is 17.1 Å². The molecule has 0 atom stereocenters. The Morgan fingerprint density at radius 1 is 1.44 bits per heavy atom. The van der Waals surface area contributed by atoms with Crippen LogP contribution in [0, 0.1) is 5.82 Å². The zero-order valence-electron chi connectivity index (χ0n) is 10.1. The number of rotatable bonds is 4. The SMILES string of the molecule is Nc1cc(F)ccc1NC(=O)CSC1CCCC1. The van der Waals surface area contributed by atoms with Crippen molar-refractivity contribution in [3.63, 3.8) is 0 Å². The number of nitrogen functional groups attached to an aromatic ring is 1. The van der Waals surface area contributed by atoms with Gasteiger partial charge in [-0.2, -0.15) is 0 Å². The van der Waals surface area contributed by atoms with E-state index in [9.17, 15) is 9.18 Å². The van der Waals surface area contributed by atoms with Crippen molar-refractivity contribution in [1.29, 1.82) is 0 Å². The van der Waals surface area contributed by atoms with Gasteiger partial charge in [-0.25, -0.2) is 4.39 Å². The number of carbonyl (C=O) groups excluding carboxylic acids is 1. The molecule has 1 aromatic carbocycles. The van der Waals surface area contributed by atoms with Crippen LogP contribution in [-0.4, -0.2) is 16.9 Å². The fourth-order valence-corrected chi connectivity index (χ4v) is 3.21. The van der Waals surface area contributed by atoms with Gasteiger partial charge in [0, 0.05) is 5.25 Å². The van der Waals surface area contributed by atoms with Gasteiger partial charge < -0.3 is 11.1 Å². The molecule has 3 nitrogen and oxygen atoms in total. The number of nitrogens with one attached hydrogen (secondary N) is 1. The Labute approximate surface area is 110 Å². The van der Waals surface area contributed by atoms with Crippen LogP contribution in [0.3, 0.4) is 0 Å². The lowest BCUT2D eigenvalue weighted by molar-refractivity contribution is -0.113. The summed E-state index contributed by atoms with van der Waals surface area (Å²) in [7, 11) is 0. The molecule has 98 valence electrons. The lowest BCUT2D eigenvalue weighted by Crippen LogP contribution is -2.16. The minimum Gasteiger partial charge on any atom is -0.397 e. The number of hydrogen-bond acceptors (Lipinski definition) is 3. The molecule has 0 radical (unpaired) electrons. The third kappa shape index (κ3) is 3.63. The van der Waals surface area contributed by atoms with E-state index in [2.05, 4.69) is 5.32 Å². The van der Waals surface area contributed by atoms with Gasteiger partial charge in [0.1, 0.15) is 5.82 Å². The average molecular weight is 268 g/mol. The van der Waals surface area contributed by atoms with Gasteiger partial charge in [-0.1, -0.05) is 12.8 Å². The number of halogens is 1. The van der Waals surface area contributed by atoms with Gasteiger partial charge in [0.25, 0.3) is 0 Å². The highest BCUT2D eigenvalue weighted by Gasteiger charge is 2.16. The lowest BCUT2D eigenvalue weighted by atomic mass is 10.2. The Balaban J connectivity index is 1.82. The number of nitrogens with two attached hydrogens (primary N) is 1. The molecular formula is C13H17FN2OS. The number of amides is 1. The van der Waals surface area contributed by atoms with Crippen molar-refractivity contribution in [1.82, 2.24) is 0 Å². The second-order valence-electron chi connectivity index (χ2n) is 4.50. The molecule has 0 heterocycles. The maximum atomic E-state index is 12.8. The van der Waals surface area contributed by atoms with Gasteiger partial charge in [-0.3, -0.25) is 4.79 Å². The topological polar surface area (TPSA) is 55.1 Å². The van der Waals surface area contributed by atoms with Gasteiger partial charge in [-0.15, -0.1) is 11.8 Å². The molecule has 18 heavy (non-hydrogen) atoms. The van der Waals surface area contributed by atoms with E-state index in [4.69, 9.17) is 5.73 Å². The maximum absolute atomic E-state index is 12.8. The monoisotopic (exact) mass is 268 g/mol. The van der Waals surface area contributed by atoms with E-state index in [1.807, 2.05) is 0 Å². The molecule has 0 saturated heterocycles. The summed E-state index contributed by atoms with van der Waals surface area (Å²) in [5.74, 6) is -0.0439. The molecule has 3 N–H and O–H groups in total. The van der Waals surface area contributed by atoms with Crippen molar-refractivity contribution in [3.8, 4) is 0 Å². The fraction of sp³-hybridized carbons (Fsp3) is 0.462. The first-order chi connectivity index (χ1) is 8.65. The highest BCUT2D eigenvalue weighted by molar-refractivity contribution is 8.00. The standard InChI is InChI=1S/C13H17FN2OS/c14-9-5-6-12(11(15)7-9)16-13(17)8-18-10-3-1-2-4-10/h5-7,10H,1-4,8,15H2,(H,16,17). The molecule has 1 fully saturated rings. The van der Waals surface area contributed by atoms with Crippen molar-refractivity contribution in [3.05, 3.63) is 24.0 Å². The second-order valence-corrected chi connectivity index (χ2v) is 5.79. The Morgan fingerprint density at radius 2 is 2.17 bits per heavy atom. The zero-order chi connectivity index (χ0) is 13.0. The molecule has 5 heteroatoms. The number of anilines is 2. The first-order valence-corrected chi connectivity index (χ1v) is 7.16. The summed E-state index contributed by atoms with van der Waals surface area (Å²) in [5, 5.41) is 3.32. The van der Waals surface area contributed by atoms with Crippen LogP contribution in [0.2, 0.25) is 0 Å². The highest BCUT2D eigenvalue weighted by atomic mass is 32.2. The molecule has 0 aromatic heterocycles. The Hall–Kier alpha value is -1.23. The Kier molecular flexibility index (Phi) is 4.47. The van der Waals surface area contributed by atoms with E-state index in [0.717, 1.165) is 0 Å². The summed E-state index contributed by atoms with van der Waals surface area (Å²) in [4.78, 5) is 11.7. The predicted octanol–water partition coefficient (Wildman–Crippen LogP) is 3.02. The molecule has 0 aliphatic heterocycles. The van der Waals surface area contributed by atoms with E-state index in [0.29, 0.717) is 16.7 Å². The average Bonchev–Trinajstić information content (AvgIpc) is 2.83. The van der Waals surface area contributed by atoms with Gasteiger partial charge in [0.15, 0.2) is 0 Å². The molecule has 1 aliphatic carbocycles. The minimum absolute atomic E-state index is 0.0785. The van der Waals surface area contributed by atoms with Crippen LogP contribution < -0.4 is 11.1 Å². The molecule has 2 rings (SSSR count). The van der Waals surface area contributed by atoms with Gasteiger partial charge in [-0.05, 0) is 31.0 Å². The van der Waals surface area contributed by atoms with Crippen molar-refractivity contribution >= 4 is 29.0 Å². The maximum Gasteiger partial charge on any atom is 0.234 e. The van der Waals surface area contributed by atoms with E-state index in [-0.39, 0.29) is 11.6 Å². The van der Waals surface area contributed by atoms with Crippen LogP contribution in [0.5, 0.6) is 0 Å². The largest absolute Gasteiger partial charge is 0.397 e. The number of benzene rings is 1. The van der Waals surface area contributed by atoms with Crippen molar-refractivity contribution < 1.29 is 9.18 Å². The summed E-state index contributed by atoms with van der Waals surface area (Å²) in [6, 6.07) is 3.98. The van der Waals surface area contributed by atoms with Crippen LogP contribution in [-0.2, 0) is 4.79 Å². The summed E-state index contributed by atoms with van der Waals surface area (Å²) in [6.07, 6.45) is 4.95. The summed E-state index contributed by atoms with van der Waals surface area (Å²) < 4.78 is 12.8. The van der Waals surface area contributed by atoms with E-state index >= 15 is 0 Å². The fourth-order valence-electron chi connectivity index (χ4n) is 2.08. The molecule has 1 aliphatic rings. The van der Waals surface area contributed by atoms with Crippen LogP contribution in [0.25, 0.3) is 0 Å². The van der Waals surface area contributed by atoms with Gasteiger partial charge in [0.2, 0.25) is 5.91 Å². The first-order valence-electron chi connectivity index (χ1n) is 6.11. The minimum atomic E-state index is -0.397. The van der Waals surface area contributed by atoms with Crippen molar-refractivity contribution in [2.45, 2.75) is 30.9 Å². The van der Waals surface area contributed by atoms with Crippen LogP contribution >= 0.6 is 11.8 Å². The normalized spacial score (nSPS) is 15.8. The number of hydrogen-bond donors (Lipinski definition) is 2. The molecular weight excluding hydrogens is 251 g/mol. The summed E-state index contributed by atoms with van der Waals surface area (Å²) in [5.41, 5.74) is 6.37. The Morgan fingerprint density at radius 3 is 2.83 bits per heavy atom. The number of thioether (sulfide) groups is 1. The third-order valence-corrected chi connectivity index (χ3v) is 4.41. The van der Waals surface area contributed by atoms with E-state index < -0.39 is 5.82 Å². The molecule has 1 aromatic rings. The number of carbonyl (C=O) groups is 1. The van der Waals surface area contributed by atoms with Gasteiger partial charge >= 0.3 is 0 Å². The van der Waals surface area contributed by atoms with Crippen molar-refractivity contribution in [2.75, 3.05) is 16.8 Å². The quantitative estimate of drug-likeness (QED) is 0.825. The molecule has 0 bridgehead atoms. The van der Waals surface area contributed by atoms with Crippen LogP contribution in [0.15, 0.2) is 18.2 Å². The molecule has 0 unspecified atom stereocenters. The van der Waals surface area contributed by atoms with Crippen LogP contribution in [0.4, 0.5) is 15.8 Å². The van der Waals surface area contributed by atoms with Crippen molar-refractivity contribution in [2.24, 2.45) is 0 Å². The Bertz CT molecular complexity index is 433. The second kappa shape index (κ2) is 6.09. The molecule has 1 saturated carbocycles. The smallest absolute Gasteiger partial charge is 0.234 e. The highest BCUT2D eigenvalue weighted by Crippen LogP contribution is 2.29. The van der Waals surface area contributed by atoms with E-state index in [1.165, 1.54) is 43.9 Å². The lowest BCUT2D eigenvalue weighted by Gasteiger charge is -2.10. The molecule has 1 amide bonds. The predicted molar refractivity (Wildman–Crippen MR) is 74.2 cm³/mol. The van der Waals surface area contributed by atoms with Crippen LogP contribution in [0.1, 0.15) is 25.7 Å². The summed E-state index contributed by atoms with van der Waals surface area (Å²) >= 11 is 1.69. The first kappa shape index (κ1) is 13.2. The molecule has 0 spiro atoms. The van der Waals surface area contributed by atoms with E-state index in [1.54, 1.807) is 11.8 Å². The zero-order valence-corrected chi connectivity index (χ0v) is 10.9. The summed E-state index contributed by atoms with van der Waals surface area (Å²) in [6.45, 7) is 0. The third-order valence-electron chi connectivity index (χ3n) is 3.04.